The number of hydrogen-bond donors (Lipinski definition) is 2. The molecule has 0 radical (unpaired) electrons. The molecule has 1 fully saturated rings. The zero-order valence-electron chi connectivity index (χ0n) is 13.8. The predicted octanol–water partition coefficient (Wildman–Crippen LogP) is 2.21. The molecule has 0 spiro atoms. The maximum absolute atomic E-state index is 12.6. The van der Waals surface area contributed by atoms with Crippen molar-refractivity contribution in [2.75, 3.05) is 13.1 Å². The minimum Gasteiger partial charge on any atom is -0.341 e. The van der Waals surface area contributed by atoms with Crippen molar-refractivity contribution in [3.05, 3.63) is 57.5 Å². The first-order valence-electron chi connectivity index (χ1n) is 7.97. The number of carbonyl (C=O) groups excluding carboxylic acids is 1. The Morgan fingerprint density at radius 2 is 1.96 bits per heavy atom. The van der Waals surface area contributed by atoms with Crippen LogP contribution in [0.4, 0.5) is 0 Å². The predicted molar refractivity (Wildman–Crippen MR) is 89.4 cm³/mol. The molecule has 3 rings (SSSR count). The average Bonchev–Trinajstić information content (AvgIpc) is 3.01. The molecule has 0 unspecified atom stereocenters. The van der Waals surface area contributed by atoms with Crippen LogP contribution in [0.3, 0.4) is 0 Å². The van der Waals surface area contributed by atoms with E-state index >= 15 is 0 Å². The van der Waals surface area contributed by atoms with E-state index in [0.717, 1.165) is 5.69 Å². The summed E-state index contributed by atoms with van der Waals surface area (Å²) in [6.45, 7) is 7.63. The molecule has 0 bridgehead atoms. The summed E-state index contributed by atoms with van der Waals surface area (Å²) in [4.78, 5) is 26.3. The lowest BCUT2D eigenvalue weighted by molar-refractivity contribution is -0.129. The van der Waals surface area contributed by atoms with Gasteiger partial charge >= 0.3 is 0 Å². The number of aryl methyl sites for hydroxylation is 1. The van der Waals surface area contributed by atoms with Crippen molar-refractivity contribution in [1.82, 2.24) is 15.1 Å². The van der Waals surface area contributed by atoms with E-state index in [2.05, 4.69) is 36.2 Å². The van der Waals surface area contributed by atoms with Crippen LogP contribution in [-0.4, -0.2) is 34.1 Å². The molecule has 1 aliphatic heterocycles. The van der Waals surface area contributed by atoms with Crippen molar-refractivity contribution in [2.24, 2.45) is 5.41 Å². The third-order valence-corrected chi connectivity index (χ3v) is 4.92. The quantitative estimate of drug-likeness (QED) is 0.912. The van der Waals surface area contributed by atoms with Crippen molar-refractivity contribution in [2.45, 2.75) is 33.1 Å². The van der Waals surface area contributed by atoms with E-state index in [1.165, 1.54) is 5.56 Å². The van der Waals surface area contributed by atoms with Gasteiger partial charge in [-0.25, -0.2) is 0 Å². The van der Waals surface area contributed by atoms with E-state index in [0.29, 0.717) is 24.6 Å². The summed E-state index contributed by atoms with van der Waals surface area (Å²) in [5.41, 5.74) is 2.37. The Morgan fingerprint density at radius 1 is 1.26 bits per heavy atom. The van der Waals surface area contributed by atoms with Crippen LogP contribution in [0.1, 0.15) is 36.6 Å². The largest absolute Gasteiger partial charge is 0.341 e. The Kier molecular flexibility index (Phi) is 3.88. The third kappa shape index (κ3) is 2.96. The van der Waals surface area contributed by atoms with Gasteiger partial charge in [-0.05, 0) is 17.9 Å². The van der Waals surface area contributed by atoms with Gasteiger partial charge in [0, 0.05) is 30.3 Å². The summed E-state index contributed by atoms with van der Waals surface area (Å²) < 4.78 is 0. The third-order valence-electron chi connectivity index (χ3n) is 4.92. The van der Waals surface area contributed by atoms with E-state index in [-0.39, 0.29) is 23.3 Å². The molecule has 1 saturated heterocycles. The highest BCUT2D eigenvalue weighted by molar-refractivity contribution is 5.79. The van der Waals surface area contributed by atoms with Gasteiger partial charge in [-0.2, -0.15) is 0 Å². The van der Waals surface area contributed by atoms with E-state index in [1.807, 2.05) is 23.1 Å². The standard InChI is InChI=1S/C18H23N3O2/c1-12-14(17(23)20-19-12)9-16(22)21-10-15(18(2,3)11-21)13-7-5-4-6-8-13/h4-8,15H,9-11H2,1-3H3,(H2,19,20,23)/t15-/m0/s1. The van der Waals surface area contributed by atoms with Crippen LogP contribution < -0.4 is 5.56 Å². The van der Waals surface area contributed by atoms with E-state index in [4.69, 9.17) is 0 Å². The molecular weight excluding hydrogens is 290 g/mol. The van der Waals surface area contributed by atoms with E-state index < -0.39 is 0 Å². The number of aromatic nitrogens is 2. The lowest BCUT2D eigenvalue weighted by Gasteiger charge is -2.25. The van der Waals surface area contributed by atoms with Gasteiger partial charge in [0.15, 0.2) is 0 Å². The summed E-state index contributed by atoms with van der Waals surface area (Å²) in [6.07, 6.45) is 0.155. The van der Waals surface area contributed by atoms with Crippen molar-refractivity contribution >= 4 is 5.91 Å². The molecule has 5 heteroatoms. The van der Waals surface area contributed by atoms with Gasteiger partial charge in [0.25, 0.3) is 5.56 Å². The second-order valence-electron chi connectivity index (χ2n) is 7.09. The highest BCUT2D eigenvalue weighted by Gasteiger charge is 2.41. The Morgan fingerprint density at radius 3 is 2.57 bits per heavy atom. The van der Waals surface area contributed by atoms with Gasteiger partial charge < -0.3 is 10.00 Å². The second kappa shape index (κ2) is 5.72. The first kappa shape index (κ1) is 15.6. The van der Waals surface area contributed by atoms with Gasteiger partial charge in [0.1, 0.15) is 0 Å². The van der Waals surface area contributed by atoms with Crippen molar-refractivity contribution in [1.29, 1.82) is 0 Å². The highest BCUT2D eigenvalue weighted by Crippen LogP contribution is 2.42. The Labute approximate surface area is 135 Å². The monoisotopic (exact) mass is 313 g/mol. The molecule has 2 heterocycles. The Bertz CT molecular complexity index is 758. The fourth-order valence-electron chi connectivity index (χ4n) is 3.51. The molecule has 122 valence electrons. The SMILES string of the molecule is Cc1[nH][nH]c(=O)c1CC(=O)N1C[C@@H](c2ccccc2)C(C)(C)C1. The molecule has 0 saturated carbocycles. The van der Waals surface area contributed by atoms with Gasteiger partial charge in [-0.15, -0.1) is 0 Å². The maximum atomic E-state index is 12.6. The number of nitrogens with one attached hydrogen (secondary N) is 2. The van der Waals surface area contributed by atoms with E-state index in [9.17, 15) is 9.59 Å². The lowest BCUT2D eigenvalue weighted by atomic mass is 9.78. The summed E-state index contributed by atoms with van der Waals surface area (Å²) >= 11 is 0. The van der Waals surface area contributed by atoms with Crippen molar-refractivity contribution < 1.29 is 4.79 Å². The minimum atomic E-state index is -0.200. The molecule has 2 aromatic rings. The lowest BCUT2D eigenvalue weighted by Crippen LogP contribution is -2.32. The molecule has 1 atom stereocenters. The molecular formula is C18H23N3O2. The van der Waals surface area contributed by atoms with Crippen LogP contribution in [0.25, 0.3) is 0 Å². The molecule has 2 N–H and O–H groups in total. The van der Waals surface area contributed by atoms with Gasteiger partial charge in [0.2, 0.25) is 5.91 Å². The molecule has 1 amide bonds. The summed E-state index contributed by atoms with van der Waals surface area (Å²) in [5, 5.41) is 5.31. The Hall–Kier alpha value is -2.30. The number of rotatable bonds is 3. The molecule has 0 aliphatic carbocycles. The average molecular weight is 313 g/mol. The fourth-order valence-corrected chi connectivity index (χ4v) is 3.51. The van der Waals surface area contributed by atoms with Crippen LogP contribution in [0.2, 0.25) is 0 Å². The number of aromatic amines is 2. The van der Waals surface area contributed by atoms with Gasteiger partial charge in [0.05, 0.1) is 6.42 Å². The molecule has 1 aromatic heterocycles. The normalized spacial score (nSPS) is 20.0. The number of benzene rings is 1. The van der Waals surface area contributed by atoms with Gasteiger partial charge in [-0.3, -0.25) is 14.7 Å². The number of hydrogen-bond acceptors (Lipinski definition) is 2. The highest BCUT2D eigenvalue weighted by atomic mass is 16.2. The van der Waals surface area contributed by atoms with E-state index in [1.54, 1.807) is 6.92 Å². The summed E-state index contributed by atoms with van der Waals surface area (Å²) in [5.74, 6) is 0.336. The van der Waals surface area contributed by atoms with Crippen molar-refractivity contribution in [3.8, 4) is 0 Å². The summed E-state index contributed by atoms with van der Waals surface area (Å²) in [6, 6.07) is 10.3. The van der Waals surface area contributed by atoms with Crippen LogP contribution in [0.15, 0.2) is 35.1 Å². The van der Waals surface area contributed by atoms with Crippen LogP contribution in [0.5, 0.6) is 0 Å². The second-order valence-corrected chi connectivity index (χ2v) is 7.09. The molecule has 1 aromatic carbocycles. The zero-order chi connectivity index (χ0) is 16.6. The number of H-pyrrole nitrogens is 2. The zero-order valence-corrected chi connectivity index (χ0v) is 13.8. The number of carbonyl (C=O) groups is 1. The summed E-state index contributed by atoms with van der Waals surface area (Å²) in [7, 11) is 0. The first-order chi connectivity index (χ1) is 10.9. The Balaban J connectivity index is 1.78. The molecule has 1 aliphatic rings. The number of amides is 1. The van der Waals surface area contributed by atoms with Gasteiger partial charge in [-0.1, -0.05) is 44.2 Å². The topological polar surface area (TPSA) is 69.0 Å². The molecule has 23 heavy (non-hydrogen) atoms. The van der Waals surface area contributed by atoms with Crippen LogP contribution in [0, 0.1) is 12.3 Å². The number of likely N-dealkylation sites (tertiary alicyclic amines) is 1. The minimum absolute atomic E-state index is 0.0182. The smallest absolute Gasteiger partial charge is 0.267 e. The maximum Gasteiger partial charge on any atom is 0.267 e. The van der Waals surface area contributed by atoms with Crippen LogP contribution in [-0.2, 0) is 11.2 Å². The van der Waals surface area contributed by atoms with Crippen molar-refractivity contribution in [3.63, 3.8) is 0 Å². The molecule has 5 nitrogen and oxygen atoms in total. The first-order valence-corrected chi connectivity index (χ1v) is 7.97. The van der Waals surface area contributed by atoms with Crippen LogP contribution >= 0.6 is 0 Å². The fraction of sp³-hybridized carbons (Fsp3) is 0.444. The number of nitrogens with zero attached hydrogens (tertiary/aromatic N) is 1.